The van der Waals surface area contributed by atoms with Crippen LogP contribution in [0.4, 0.5) is 16.2 Å². The first kappa shape index (κ1) is 28.3. The summed E-state index contributed by atoms with van der Waals surface area (Å²) in [6.45, 7) is 2.11. The number of fused-ring (bicyclic) bond motifs is 2. The number of carbonyl (C=O) groups is 2. The van der Waals surface area contributed by atoms with Crippen LogP contribution in [0.3, 0.4) is 0 Å². The summed E-state index contributed by atoms with van der Waals surface area (Å²) in [5.74, 6) is -0.111. The molecule has 1 unspecified atom stereocenters. The maximum absolute atomic E-state index is 13.1. The third-order valence-electron chi connectivity index (χ3n) is 6.34. The van der Waals surface area contributed by atoms with Gasteiger partial charge in [0.15, 0.2) is 0 Å². The van der Waals surface area contributed by atoms with Crippen LogP contribution in [0.15, 0.2) is 30.5 Å². The van der Waals surface area contributed by atoms with Gasteiger partial charge in [-0.15, -0.1) is 0 Å². The molecule has 0 saturated carbocycles. The monoisotopic (exact) mass is 514 g/mol. The van der Waals surface area contributed by atoms with E-state index in [1.54, 1.807) is 12.1 Å². The number of anilines is 2. The number of nitrogens with one attached hydrogen (secondary N) is 4. The van der Waals surface area contributed by atoms with Crippen molar-refractivity contribution in [3.05, 3.63) is 47.4 Å². The predicted octanol–water partition coefficient (Wildman–Crippen LogP) is 3.76. The number of nitrogens with zero attached hydrogens (tertiary/aromatic N) is 2. The van der Waals surface area contributed by atoms with Gasteiger partial charge in [-0.25, -0.2) is 9.37 Å². The molecule has 2 heterocycles. The quantitative estimate of drug-likeness (QED) is 0.422. The standard InChI is InChI=1S/C27H39FN6O3/c28-21-13-11-20(12-14-21)18-32-25(36)22-19-33-27-31-17-8-5-3-1-2-4-7-16-30-26(37)23(35)10-6-9-15-29-24(22)34-27/h11-14,19,23,35H,1-10,15-18H2,(H,30,37)(H,32,36)(H2,29,31,33,34). The Labute approximate surface area is 218 Å². The second-order valence-corrected chi connectivity index (χ2v) is 9.40. The molecule has 2 amide bonds. The molecule has 2 bridgehead atoms. The minimum atomic E-state index is -1.02. The Bertz CT molecular complexity index is 989. The number of benzene rings is 1. The number of halogens is 1. The first-order valence-corrected chi connectivity index (χ1v) is 13.4. The van der Waals surface area contributed by atoms with E-state index < -0.39 is 6.10 Å². The topological polar surface area (TPSA) is 128 Å². The van der Waals surface area contributed by atoms with Crippen LogP contribution in [0.25, 0.3) is 0 Å². The Morgan fingerprint density at radius 2 is 1.54 bits per heavy atom. The molecule has 3 rings (SSSR count). The van der Waals surface area contributed by atoms with Gasteiger partial charge in [-0.3, -0.25) is 9.59 Å². The highest BCUT2D eigenvalue weighted by atomic mass is 19.1. The van der Waals surface area contributed by atoms with Crippen LogP contribution in [0.5, 0.6) is 0 Å². The lowest BCUT2D eigenvalue weighted by Crippen LogP contribution is -2.35. The summed E-state index contributed by atoms with van der Waals surface area (Å²) in [7, 11) is 0. The summed E-state index contributed by atoms with van der Waals surface area (Å²) in [6.07, 6.45) is 9.72. The zero-order valence-corrected chi connectivity index (χ0v) is 21.4. The van der Waals surface area contributed by atoms with Crippen LogP contribution >= 0.6 is 0 Å². The zero-order valence-electron chi connectivity index (χ0n) is 21.4. The van der Waals surface area contributed by atoms with E-state index in [0.29, 0.717) is 49.7 Å². The van der Waals surface area contributed by atoms with Crippen molar-refractivity contribution in [2.24, 2.45) is 0 Å². The van der Waals surface area contributed by atoms with Crippen LogP contribution in [-0.2, 0) is 11.3 Å². The van der Waals surface area contributed by atoms with E-state index in [1.807, 2.05) is 0 Å². The molecule has 0 spiro atoms. The first-order valence-electron chi connectivity index (χ1n) is 13.4. The molecule has 1 atom stereocenters. The molecule has 0 radical (unpaired) electrons. The number of aliphatic hydroxyl groups excluding tert-OH is 1. The molecule has 1 aliphatic heterocycles. The van der Waals surface area contributed by atoms with Crippen LogP contribution in [0.1, 0.15) is 80.1 Å². The van der Waals surface area contributed by atoms with E-state index in [0.717, 1.165) is 57.1 Å². The van der Waals surface area contributed by atoms with Crippen molar-refractivity contribution in [2.45, 2.75) is 76.9 Å². The minimum Gasteiger partial charge on any atom is -0.383 e. The summed E-state index contributed by atoms with van der Waals surface area (Å²) >= 11 is 0. The maximum Gasteiger partial charge on any atom is 0.256 e. The highest BCUT2D eigenvalue weighted by Gasteiger charge is 2.16. The van der Waals surface area contributed by atoms with E-state index in [9.17, 15) is 19.1 Å². The highest BCUT2D eigenvalue weighted by molar-refractivity contribution is 5.98. The molecule has 5 N–H and O–H groups in total. The summed E-state index contributed by atoms with van der Waals surface area (Å²) < 4.78 is 13.1. The van der Waals surface area contributed by atoms with Gasteiger partial charge in [0.1, 0.15) is 23.3 Å². The number of aliphatic hydroxyl groups is 1. The van der Waals surface area contributed by atoms with Gasteiger partial charge in [0.2, 0.25) is 11.9 Å². The van der Waals surface area contributed by atoms with Gasteiger partial charge in [0.05, 0.1) is 0 Å². The smallest absolute Gasteiger partial charge is 0.256 e. The Kier molecular flexibility index (Phi) is 12.1. The molecule has 1 aliphatic rings. The van der Waals surface area contributed by atoms with Gasteiger partial charge >= 0.3 is 0 Å². The third kappa shape index (κ3) is 10.3. The lowest BCUT2D eigenvalue weighted by molar-refractivity contribution is -0.129. The maximum atomic E-state index is 13.1. The Hall–Kier alpha value is -3.27. The average Bonchev–Trinajstić information content (AvgIpc) is 2.90. The van der Waals surface area contributed by atoms with Gasteiger partial charge < -0.3 is 26.4 Å². The molecule has 202 valence electrons. The number of rotatable bonds is 3. The normalized spacial score (nSPS) is 18.9. The summed E-state index contributed by atoms with van der Waals surface area (Å²) in [6, 6.07) is 5.95. The molecule has 1 aromatic carbocycles. The first-order chi connectivity index (χ1) is 18.0. The fraction of sp³-hybridized carbons (Fsp3) is 0.556. The second-order valence-electron chi connectivity index (χ2n) is 9.40. The van der Waals surface area contributed by atoms with Crippen LogP contribution in [0.2, 0.25) is 0 Å². The summed E-state index contributed by atoms with van der Waals surface area (Å²) in [4.78, 5) is 33.8. The number of hydrogen-bond acceptors (Lipinski definition) is 7. The van der Waals surface area contributed by atoms with E-state index in [4.69, 9.17) is 0 Å². The van der Waals surface area contributed by atoms with E-state index >= 15 is 0 Å². The van der Waals surface area contributed by atoms with Crippen molar-refractivity contribution in [2.75, 3.05) is 30.3 Å². The van der Waals surface area contributed by atoms with E-state index in [2.05, 4.69) is 31.2 Å². The van der Waals surface area contributed by atoms with Gasteiger partial charge in [0.25, 0.3) is 5.91 Å². The van der Waals surface area contributed by atoms with Crippen molar-refractivity contribution in [1.82, 2.24) is 20.6 Å². The second kappa shape index (κ2) is 15.8. The minimum absolute atomic E-state index is 0.249. The number of carbonyl (C=O) groups excluding carboxylic acids is 2. The lowest BCUT2D eigenvalue weighted by Gasteiger charge is -2.14. The van der Waals surface area contributed by atoms with Crippen molar-refractivity contribution in [3.63, 3.8) is 0 Å². The molecular weight excluding hydrogens is 475 g/mol. The molecule has 1 aromatic heterocycles. The van der Waals surface area contributed by atoms with Crippen LogP contribution in [-0.4, -0.2) is 52.6 Å². The summed E-state index contributed by atoms with van der Waals surface area (Å²) in [5, 5.41) is 22.2. The van der Waals surface area contributed by atoms with Crippen LogP contribution in [0, 0.1) is 5.82 Å². The molecule has 0 saturated heterocycles. The van der Waals surface area contributed by atoms with Crippen molar-refractivity contribution < 1.29 is 19.1 Å². The zero-order chi connectivity index (χ0) is 26.3. The Balaban J connectivity index is 1.62. The van der Waals surface area contributed by atoms with Gasteiger partial charge in [0, 0.05) is 32.4 Å². The molecular formula is C27H39FN6O3. The van der Waals surface area contributed by atoms with Gasteiger partial charge in [-0.05, 0) is 49.8 Å². The molecule has 37 heavy (non-hydrogen) atoms. The van der Waals surface area contributed by atoms with Crippen molar-refractivity contribution in [3.8, 4) is 0 Å². The fourth-order valence-electron chi connectivity index (χ4n) is 4.11. The highest BCUT2D eigenvalue weighted by Crippen LogP contribution is 2.16. The number of amides is 2. The summed E-state index contributed by atoms with van der Waals surface area (Å²) in [5.41, 5.74) is 1.09. The molecule has 0 fully saturated rings. The molecule has 9 nitrogen and oxygen atoms in total. The van der Waals surface area contributed by atoms with E-state index in [1.165, 1.54) is 18.3 Å². The average molecular weight is 515 g/mol. The SMILES string of the molecule is O=C(NCc1ccc(F)cc1)c1cnc2nc1NCCCCC(O)C(=O)NCCCCCCCCCN2. The van der Waals surface area contributed by atoms with E-state index in [-0.39, 0.29) is 24.2 Å². The molecule has 2 aromatic rings. The number of aromatic nitrogens is 2. The third-order valence-corrected chi connectivity index (χ3v) is 6.34. The number of hydrogen-bond donors (Lipinski definition) is 5. The molecule has 10 heteroatoms. The fourth-order valence-corrected chi connectivity index (χ4v) is 4.11. The van der Waals surface area contributed by atoms with Crippen molar-refractivity contribution >= 4 is 23.6 Å². The van der Waals surface area contributed by atoms with Gasteiger partial charge in [-0.2, -0.15) is 4.98 Å². The molecule has 0 aliphatic carbocycles. The Morgan fingerprint density at radius 1 is 0.919 bits per heavy atom. The lowest BCUT2D eigenvalue weighted by atomic mass is 10.1. The predicted molar refractivity (Wildman–Crippen MR) is 142 cm³/mol. The van der Waals surface area contributed by atoms with Crippen LogP contribution < -0.4 is 21.3 Å². The van der Waals surface area contributed by atoms with Gasteiger partial charge in [-0.1, -0.05) is 44.2 Å². The largest absolute Gasteiger partial charge is 0.383 e. The van der Waals surface area contributed by atoms with Crippen molar-refractivity contribution in [1.29, 1.82) is 0 Å². The Morgan fingerprint density at radius 3 is 2.27 bits per heavy atom.